The second-order valence-electron chi connectivity index (χ2n) is 4.31. The van der Waals surface area contributed by atoms with Gasteiger partial charge in [-0.25, -0.2) is 4.98 Å². The molecule has 1 aromatic carbocycles. The molecule has 3 N–H and O–H groups in total. The van der Waals surface area contributed by atoms with Crippen molar-refractivity contribution in [3.63, 3.8) is 0 Å². The first-order valence-corrected chi connectivity index (χ1v) is 8.45. The molecule has 22 heavy (non-hydrogen) atoms. The lowest BCUT2D eigenvalue weighted by molar-refractivity contribution is 0.903. The van der Waals surface area contributed by atoms with Gasteiger partial charge in [0.1, 0.15) is 0 Å². The van der Waals surface area contributed by atoms with Crippen molar-refractivity contribution in [1.29, 1.82) is 0 Å². The van der Waals surface area contributed by atoms with E-state index in [1.165, 1.54) is 14.8 Å². The van der Waals surface area contributed by atoms with Gasteiger partial charge in [0.2, 0.25) is 0 Å². The number of rotatable bonds is 6. The topological polar surface area (TPSA) is 67.1 Å². The summed E-state index contributed by atoms with van der Waals surface area (Å²) >= 11 is 3.91. The van der Waals surface area contributed by atoms with Crippen molar-refractivity contribution in [3.8, 4) is 0 Å². The van der Waals surface area contributed by atoms with Crippen molar-refractivity contribution in [2.75, 3.05) is 5.75 Å². The minimum Gasteiger partial charge on any atom is -0.379 e. The van der Waals surface area contributed by atoms with E-state index in [0.29, 0.717) is 11.7 Å². The third-order valence-corrected chi connectivity index (χ3v) is 4.36. The fraction of sp³-hybridized carbons (Fsp3) is 0.286. The normalized spacial score (nSPS) is 10.7. The molecule has 0 amide bonds. The van der Waals surface area contributed by atoms with Crippen LogP contribution in [0.4, 0.5) is 0 Å². The van der Waals surface area contributed by atoms with E-state index in [1.54, 1.807) is 18.1 Å². The Hall–Kier alpha value is -0.0600. The van der Waals surface area contributed by atoms with E-state index in [-0.39, 0.29) is 34.0 Å². The summed E-state index contributed by atoms with van der Waals surface area (Å²) in [6.07, 6.45) is 5.63. The van der Waals surface area contributed by atoms with Crippen LogP contribution in [0.15, 0.2) is 41.8 Å². The van der Waals surface area contributed by atoms with Gasteiger partial charge >= 0.3 is 0 Å². The van der Waals surface area contributed by atoms with E-state index in [0.717, 1.165) is 18.6 Å². The van der Waals surface area contributed by atoms with Crippen molar-refractivity contribution < 1.29 is 0 Å². The molecule has 122 valence electrons. The maximum atomic E-state index is 5.90. The van der Waals surface area contributed by atoms with Gasteiger partial charge in [-0.05, 0) is 53.1 Å². The molecule has 0 radical (unpaired) electrons. The zero-order valence-corrected chi connectivity index (χ0v) is 18.3. The van der Waals surface area contributed by atoms with Crippen LogP contribution >= 0.6 is 68.3 Å². The highest BCUT2D eigenvalue weighted by Gasteiger charge is 1.98. The number of thioether (sulfide) groups is 1. The molecule has 0 atom stereocenters. The number of aryl methyl sites for hydroxylation is 1. The molecule has 4 nitrogen and oxygen atoms in total. The molecule has 0 aliphatic rings. The number of hydrogen-bond donors (Lipinski definition) is 2. The van der Waals surface area contributed by atoms with Crippen LogP contribution in [0, 0.1) is 3.57 Å². The van der Waals surface area contributed by atoms with Gasteiger partial charge in [-0.2, -0.15) is 0 Å². The Morgan fingerprint density at radius 2 is 2.00 bits per heavy atom. The molecular formula is C14H19Br2IN4S. The van der Waals surface area contributed by atoms with Gasteiger partial charge in [-0.1, -0.05) is 23.9 Å². The number of aliphatic imine (C=N–C) groups is 1. The second kappa shape index (κ2) is 12.4. The molecule has 2 aromatic rings. The summed E-state index contributed by atoms with van der Waals surface area (Å²) in [6, 6.07) is 8.33. The summed E-state index contributed by atoms with van der Waals surface area (Å²) in [5, 5.41) is 0.660. The molecule has 0 fully saturated rings. The molecule has 8 heteroatoms. The number of halogens is 3. The SMILES string of the molecule is Br.Br.NC(=NCc1ccc(I)cc1)SCCCc1cnc[nH]1. The lowest BCUT2D eigenvalue weighted by Crippen LogP contribution is -2.08. The van der Waals surface area contributed by atoms with E-state index in [2.05, 4.69) is 61.8 Å². The van der Waals surface area contributed by atoms with Gasteiger partial charge in [0, 0.05) is 21.2 Å². The summed E-state index contributed by atoms with van der Waals surface area (Å²) in [4.78, 5) is 11.5. The van der Waals surface area contributed by atoms with Crippen LogP contribution < -0.4 is 5.73 Å². The Bertz CT molecular complexity index is 546. The van der Waals surface area contributed by atoms with E-state index in [9.17, 15) is 0 Å². The van der Waals surface area contributed by atoms with Crippen LogP contribution in [-0.2, 0) is 13.0 Å². The van der Waals surface area contributed by atoms with E-state index >= 15 is 0 Å². The number of aromatic nitrogens is 2. The molecule has 0 saturated carbocycles. The summed E-state index contributed by atoms with van der Waals surface area (Å²) in [7, 11) is 0. The Balaban J connectivity index is 0.00000220. The predicted octanol–water partition coefficient (Wildman–Crippen LogP) is 4.35. The first-order chi connectivity index (χ1) is 9.74. The molecule has 0 aliphatic heterocycles. The maximum absolute atomic E-state index is 5.90. The summed E-state index contributed by atoms with van der Waals surface area (Å²) in [6.45, 7) is 0.649. The minimum atomic E-state index is 0. The zero-order chi connectivity index (χ0) is 14.2. The number of nitrogens with two attached hydrogens (primary N) is 1. The van der Waals surface area contributed by atoms with Gasteiger partial charge < -0.3 is 10.7 Å². The smallest absolute Gasteiger partial charge is 0.154 e. The molecule has 0 unspecified atom stereocenters. The van der Waals surface area contributed by atoms with Gasteiger partial charge in [0.25, 0.3) is 0 Å². The molecule has 0 bridgehead atoms. The van der Waals surface area contributed by atoms with Crippen molar-refractivity contribution in [3.05, 3.63) is 51.6 Å². The van der Waals surface area contributed by atoms with Crippen molar-refractivity contribution in [2.24, 2.45) is 10.7 Å². The summed E-state index contributed by atoms with van der Waals surface area (Å²) < 4.78 is 1.23. The standard InChI is InChI=1S/C14H17IN4S.2BrH/c15-12-5-3-11(4-6-12)8-18-14(16)20-7-1-2-13-9-17-10-19-13;;/h3-6,9-10H,1-2,7-8H2,(H2,16,18)(H,17,19);2*1H. The highest BCUT2D eigenvalue weighted by molar-refractivity contribution is 14.1. The van der Waals surface area contributed by atoms with Crippen LogP contribution in [0.2, 0.25) is 0 Å². The van der Waals surface area contributed by atoms with E-state index in [1.807, 2.05) is 6.20 Å². The number of nitrogens with one attached hydrogen (secondary N) is 1. The fourth-order valence-electron chi connectivity index (χ4n) is 1.67. The summed E-state index contributed by atoms with van der Waals surface area (Å²) in [5.41, 5.74) is 8.26. The van der Waals surface area contributed by atoms with Crippen LogP contribution in [-0.4, -0.2) is 20.9 Å². The number of aromatic amines is 1. The lowest BCUT2D eigenvalue weighted by atomic mass is 10.2. The monoisotopic (exact) mass is 560 g/mol. The molecular weight excluding hydrogens is 543 g/mol. The average Bonchev–Trinajstić information content (AvgIpc) is 2.96. The average molecular weight is 562 g/mol. The number of nitrogens with zero attached hydrogens (tertiary/aromatic N) is 2. The summed E-state index contributed by atoms with van der Waals surface area (Å²) in [5.74, 6) is 0.973. The van der Waals surface area contributed by atoms with Gasteiger partial charge in [0.05, 0.1) is 12.9 Å². The van der Waals surface area contributed by atoms with E-state index in [4.69, 9.17) is 5.73 Å². The van der Waals surface area contributed by atoms with Crippen LogP contribution in [0.3, 0.4) is 0 Å². The second-order valence-corrected chi connectivity index (χ2v) is 6.67. The fourth-order valence-corrected chi connectivity index (χ4v) is 2.68. The predicted molar refractivity (Wildman–Crippen MR) is 114 cm³/mol. The number of benzene rings is 1. The van der Waals surface area contributed by atoms with Crippen molar-refractivity contribution in [1.82, 2.24) is 9.97 Å². The number of imidazole rings is 1. The largest absolute Gasteiger partial charge is 0.379 e. The quantitative estimate of drug-likeness (QED) is 0.238. The molecule has 0 spiro atoms. The molecule has 1 heterocycles. The Morgan fingerprint density at radius 3 is 2.64 bits per heavy atom. The van der Waals surface area contributed by atoms with Gasteiger partial charge in [-0.3, -0.25) is 4.99 Å². The number of amidine groups is 1. The highest BCUT2D eigenvalue weighted by atomic mass is 127. The Morgan fingerprint density at radius 1 is 1.27 bits per heavy atom. The van der Waals surface area contributed by atoms with Gasteiger partial charge in [-0.15, -0.1) is 34.0 Å². The van der Waals surface area contributed by atoms with Crippen LogP contribution in [0.25, 0.3) is 0 Å². The van der Waals surface area contributed by atoms with Gasteiger partial charge in [0.15, 0.2) is 5.17 Å². The van der Waals surface area contributed by atoms with E-state index < -0.39 is 0 Å². The Labute approximate surface area is 169 Å². The molecule has 1 aromatic heterocycles. The Kier molecular flexibility index (Phi) is 12.3. The molecule has 0 aliphatic carbocycles. The number of hydrogen-bond acceptors (Lipinski definition) is 3. The van der Waals surface area contributed by atoms with Crippen molar-refractivity contribution >= 4 is 73.5 Å². The first-order valence-electron chi connectivity index (χ1n) is 6.38. The molecule has 2 rings (SSSR count). The highest BCUT2D eigenvalue weighted by Crippen LogP contribution is 2.10. The van der Waals surface area contributed by atoms with Crippen molar-refractivity contribution in [2.45, 2.75) is 19.4 Å². The zero-order valence-electron chi connectivity index (χ0n) is 11.9. The first kappa shape index (κ1) is 21.9. The lowest BCUT2D eigenvalue weighted by Gasteiger charge is -2.01. The number of H-pyrrole nitrogens is 1. The third kappa shape index (κ3) is 8.54. The maximum Gasteiger partial charge on any atom is 0.154 e. The minimum absolute atomic E-state index is 0. The third-order valence-electron chi connectivity index (χ3n) is 2.73. The molecule has 0 saturated heterocycles. The van der Waals surface area contributed by atoms with Crippen LogP contribution in [0.5, 0.6) is 0 Å². The van der Waals surface area contributed by atoms with Crippen LogP contribution in [0.1, 0.15) is 17.7 Å².